The smallest absolute Gasteiger partial charge is 0.247 e. The van der Waals surface area contributed by atoms with Gasteiger partial charge in [-0.1, -0.05) is 163 Å². The van der Waals surface area contributed by atoms with E-state index in [1.807, 2.05) is 24.2 Å². The molecule has 0 amide bonds. The molecule has 12 rings (SSSR count). The number of aromatic nitrogens is 1. The molecule has 0 atom stereocenters. The zero-order valence-electron chi connectivity index (χ0n) is 32.1. The van der Waals surface area contributed by atoms with Gasteiger partial charge in [-0.05, 0) is 105 Å². The lowest BCUT2D eigenvalue weighted by Gasteiger charge is -2.50. The molecule has 4 heterocycles. The second-order valence-electron chi connectivity index (χ2n) is 15.5. The minimum Gasteiger partial charge on any atom is -0.310 e. The van der Waals surface area contributed by atoms with Crippen LogP contribution in [0.4, 0.5) is 34.1 Å². The van der Waals surface area contributed by atoms with Crippen molar-refractivity contribution in [1.29, 1.82) is 0 Å². The minimum absolute atomic E-state index is 0.0134. The average Bonchev–Trinajstić information content (AvgIpc) is 3.32. The maximum absolute atomic E-state index is 4.32. The number of rotatable bonds is 5. The molecule has 3 aliphatic heterocycles. The van der Waals surface area contributed by atoms with Crippen LogP contribution in [-0.2, 0) is 5.41 Å². The largest absolute Gasteiger partial charge is 0.310 e. The van der Waals surface area contributed by atoms with Gasteiger partial charge in [0.2, 0.25) is 6.71 Å². The van der Waals surface area contributed by atoms with Crippen LogP contribution in [0.5, 0.6) is 0 Å². The van der Waals surface area contributed by atoms with E-state index in [2.05, 4.69) is 221 Å². The van der Waals surface area contributed by atoms with Gasteiger partial charge in [-0.3, -0.25) is 4.98 Å². The highest BCUT2D eigenvalue weighted by Crippen LogP contribution is 2.59. The quantitative estimate of drug-likeness (QED) is 0.162. The molecule has 0 spiro atoms. The third kappa shape index (κ3) is 5.01. The van der Waals surface area contributed by atoms with Crippen molar-refractivity contribution in [2.75, 3.05) is 9.80 Å². The number of benzene rings is 8. The molecule has 0 bridgehead atoms. The summed E-state index contributed by atoms with van der Waals surface area (Å²) >= 11 is 1.90. The Kier molecular flexibility index (Phi) is 7.79. The highest BCUT2D eigenvalue weighted by molar-refractivity contribution is 8.00. The van der Waals surface area contributed by atoms with Crippen molar-refractivity contribution >= 4 is 69.0 Å². The number of hydrogen-bond acceptors (Lipinski definition) is 4. The highest BCUT2D eigenvalue weighted by atomic mass is 32.2. The summed E-state index contributed by atoms with van der Waals surface area (Å²) in [5.74, 6) is 0. The minimum atomic E-state index is -0.629. The van der Waals surface area contributed by atoms with Gasteiger partial charge in [0.25, 0.3) is 0 Å². The van der Waals surface area contributed by atoms with Crippen LogP contribution in [0.15, 0.2) is 228 Å². The van der Waals surface area contributed by atoms with Crippen molar-refractivity contribution in [3.63, 3.8) is 0 Å². The summed E-state index contributed by atoms with van der Waals surface area (Å²) < 4.78 is 0. The number of pyridine rings is 1. The van der Waals surface area contributed by atoms with Crippen LogP contribution in [-0.4, -0.2) is 11.7 Å². The Bertz CT molecular complexity index is 3010. The average molecular weight is 770 g/mol. The molecule has 59 heavy (non-hydrogen) atoms. The number of anilines is 6. The van der Waals surface area contributed by atoms with Gasteiger partial charge in [0.15, 0.2) is 0 Å². The van der Waals surface area contributed by atoms with Gasteiger partial charge in [0, 0.05) is 34.4 Å². The third-order valence-electron chi connectivity index (χ3n) is 12.5. The molecule has 3 aliphatic rings. The summed E-state index contributed by atoms with van der Waals surface area (Å²) in [6.07, 6.45) is 3.75. The molecule has 0 saturated carbocycles. The Morgan fingerprint density at radius 1 is 0.441 bits per heavy atom. The first kappa shape index (κ1) is 34.0. The normalized spacial score (nSPS) is 14.1. The van der Waals surface area contributed by atoms with E-state index in [0.29, 0.717) is 0 Å². The SMILES string of the molecule is c1ccc(N2c3ccccc3B3c4ccccc4C(c4ccccc4)(c4ccccc4)c4cc5c(c2c43)Sc2ccccc2N5c2cccc(-c3ccncc3)c2)cc1. The van der Waals surface area contributed by atoms with Crippen molar-refractivity contribution in [1.82, 2.24) is 4.98 Å². The topological polar surface area (TPSA) is 19.4 Å². The van der Waals surface area contributed by atoms with Gasteiger partial charge in [0.1, 0.15) is 0 Å². The second kappa shape index (κ2) is 13.5. The van der Waals surface area contributed by atoms with Gasteiger partial charge in [0.05, 0.1) is 27.4 Å². The maximum atomic E-state index is 4.32. The monoisotopic (exact) mass is 769 g/mol. The summed E-state index contributed by atoms with van der Waals surface area (Å²) in [5, 5.41) is 0. The van der Waals surface area contributed by atoms with E-state index in [9.17, 15) is 0 Å². The lowest BCUT2D eigenvalue weighted by molar-refractivity contribution is 0.749. The number of fused-ring (bicyclic) bond motifs is 7. The standard InChI is InChI=1S/C54H36BN3S/c1-4-18-39(19-5-1)54(40-20-6-2-7-21-40)43-25-10-11-26-45(43)55-46-27-12-13-28-47(46)58(41-22-8-3-9-23-41)52-51(55)44(54)36-49-53(52)59-50-30-15-14-29-48(50)57(49)42-24-16-17-38(35-42)37-31-33-56-34-32-37/h1-36H. The third-order valence-corrected chi connectivity index (χ3v) is 13.6. The van der Waals surface area contributed by atoms with Gasteiger partial charge in [-0.25, -0.2) is 0 Å². The van der Waals surface area contributed by atoms with E-state index >= 15 is 0 Å². The number of hydrogen-bond donors (Lipinski definition) is 0. The van der Waals surface area contributed by atoms with Crippen molar-refractivity contribution in [3.05, 3.63) is 241 Å². The van der Waals surface area contributed by atoms with Crippen LogP contribution in [0.1, 0.15) is 22.3 Å². The van der Waals surface area contributed by atoms with Crippen LogP contribution in [0.2, 0.25) is 0 Å². The first-order valence-electron chi connectivity index (χ1n) is 20.2. The number of para-hydroxylation sites is 3. The predicted molar refractivity (Wildman–Crippen MR) is 246 cm³/mol. The van der Waals surface area contributed by atoms with Crippen LogP contribution < -0.4 is 26.2 Å². The molecule has 0 saturated heterocycles. The lowest BCUT2D eigenvalue weighted by atomic mass is 9.29. The summed E-state index contributed by atoms with van der Waals surface area (Å²) in [5.41, 5.74) is 17.8. The highest BCUT2D eigenvalue weighted by Gasteiger charge is 2.53. The van der Waals surface area contributed by atoms with Gasteiger partial charge >= 0.3 is 0 Å². The van der Waals surface area contributed by atoms with Crippen molar-refractivity contribution in [2.24, 2.45) is 0 Å². The molecule has 9 aromatic rings. The van der Waals surface area contributed by atoms with E-state index in [4.69, 9.17) is 0 Å². The fourth-order valence-electron chi connectivity index (χ4n) is 10.1. The first-order valence-corrected chi connectivity index (χ1v) is 21.1. The zero-order chi connectivity index (χ0) is 38.9. The van der Waals surface area contributed by atoms with Crippen molar-refractivity contribution in [3.8, 4) is 11.1 Å². The van der Waals surface area contributed by atoms with Gasteiger partial charge < -0.3 is 9.80 Å². The van der Waals surface area contributed by atoms with Crippen molar-refractivity contribution in [2.45, 2.75) is 15.2 Å². The Morgan fingerprint density at radius 3 is 1.80 bits per heavy atom. The molecular formula is C54H36BN3S. The number of nitrogens with zero attached hydrogens (tertiary/aromatic N) is 3. The zero-order valence-corrected chi connectivity index (χ0v) is 32.9. The predicted octanol–water partition coefficient (Wildman–Crippen LogP) is 11.7. The van der Waals surface area contributed by atoms with Crippen LogP contribution in [0.3, 0.4) is 0 Å². The maximum Gasteiger partial charge on any atom is 0.247 e. The molecule has 276 valence electrons. The summed E-state index contributed by atoms with van der Waals surface area (Å²) in [6, 6.07) is 76.4. The van der Waals surface area contributed by atoms with Gasteiger partial charge in [-0.15, -0.1) is 0 Å². The van der Waals surface area contributed by atoms with Crippen LogP contribution >= 0.6 is 11.8 Å². The van der Waals surface area contributed by atoms with Crippen LogP contribution in [0, 0.1) is 0 Å². The Balaban J connectivity index is 1.27. The molecule has 0 aliphatic carbocycles. The molecule has 0 N–H and O–H groups in total. The fourth-order valence-corrected chi connectivity index (χ4v) is 11.3. The Morgan fingerprint density at radius 2 is 1.05 bits per heavy atom. The Hall–Kier alpha value is -7.08. The molecule has 5 heteroatoms. The molecule has 1 aromatic heterocycles. The van der Waals surface area contributed by atoms with E-state index in [-0.39, 0.29) is 6.71 Å². The Labute approximate surface area is 349 Å². The molecule has 0 unspecified atom stereocenters. The fraction of sp³-hybridized carbons (Fsp3) is 0.0185. The molecule has 0 fully saturated rings. The van der Waals surface area contributed by atoms with Crippen molar-refractivity contribution < 1.29 is 0 Å². The van der Waals surface area contributed by atoms with E-state index in [1.54, 1.807) is 0 Å². The molecular weight excluding hydrogens is 733 g/mol. The van der Waals surface area contributed by atoms with E-state index in [0.717, 1.165) is 22.5 Å². The van der Waals surface area contributed by atoms with E-state index < -0.39 is 5.41 Å². The second-order valence-corrected chi connectivity index (χ2v) is 16.5. The van der Waals surface area contributed by atoms with Crippen LogP contribution in [0.25, 0.3) is 11.1 Å². The molecule has 8 aromatic carbocycles. The van der Waals surface area contributed by atoms with E-state index in [1.165, 1.54) is 71.2 Å². The van der Waals surface area contributed by atoms with Gasteiger partial charge in [-0.2, -0.15) is 0 Å². The summed E-state index contributed by atoms with van der Waals surface area (Å²) in [4.78, 5) is 11.9. The summed E-state index contributed by atoms with van der Waals surface area (Å²) in [6.45, 7) is 0.0134. The molecule has 0 radical (unpaired) electrons. The molecule has 3 nitrogen and oxygen atoms in total. The first-order chi connectivity index (χ1) is 29.3. The summed E-state index contributed by atoms with van der Waals surface area (Å²) in [7, 11) is 0. The lowest BCUT2D eigenvalue weighted by Crippen LogP contribution is -2.65.